The number of quaternary nitrogens is 1. The molecule has 1 N–H and O–H groups in total. The van der Waals surface area contributed by atoms with Gasteiger partial charge in [-0.2, -0.15) is 0 Å². The van der Waals surface area contributed by atoms with Gasteiger partial charge in [-0.05, 0) is 9.69 Å². The van der Waals surface area contributed by atoms with Crippen molar-refractivity contribution in [1.29, 1.82) is 0 Å². The first-order valence-corrected chi connectivity index (χ1v) is 3.19. The van der Waals surface area contributed by atoms with E-state index in [0.717, 1.165) is 5.69 Å². The fraction of sp³-hybridized carbons (Fsp3) is 0.143. The molecular weight excluding hydrogens is 128 g/mol. The van der Waals surface area contributed by atoms with Crippen molar-refractivity contribution in [3.05, 3.63) is 30.3 Å². The molecule has 0 spiro atoms. The number of rotatable bonds is 1. The third-order valence-corrected chi connectivity index (χ3v) is 1.61. The zero-order valence-corrected chi connectivity index (χ0v) is 5.74. The van der Waals surface area contributed by atoms with Gasteiger partial charge in [-0.3, -0.25) is 0 Å². The molecule has 3 heteroatoms. The van der Waals surface area contributed by atoms with Crippen molar-refractivity contribution in [3.63, 3.8) is 0 Å². The molecule has 1 aromatic rings. The average molecular weight is 137 g/mol. The molecule has 1 aliphatic heterocycles. The van der Waals surface area contributed by atoms with Gasteiger partial charge in [0.2, 0.25) is 0 Å². The van der Waals surface area contributed by atoms with Crippen LogP contribution < -0.4 is 10.3 Å². The molecule has 0 amide bonds. The van der Waals surface area contributed by atoms with Gasteiger partial charge in [-0.25, -0.2) is 0 Å². The lowest BCUT2D eigenvalue weighted by molar-refractivity contribution is 0.232. The smallest absolute Gasteiger partial charge is 0.0618 e. The van der Waals surface area contributed by atoms with Gasteiger partial charge >= 0.3 is 0 Å². The SMILES string of the molecule is C[N@@+]1(c2ccccc2)NO1. The fourth-order valence-corrected chi connectivity index (χ4v) is 0.879. The summed E-state index contributed by atoms with van der Waals surface area (Å²) in [7, 11) is 1.94. The summed E-state index contributed by atoms with van der Waals surface area (Å²) >= 11 is 0. The second kappa shape index (κ2) is 1.79. The third kappa shape index (κ3) is 0.806. The maximum atomic E-state index is 4.97. The van der Waals surface area contributed by atoms with Gasteiger partial charge in [0, 0.05) is 12.1 Å². The Bertz CT molecular complexity index is 231. The summed E-state index contributed by atoms with van der Waals surface area (Å²) < 4.78 is 0.390. The Hall–Kier alpha value is -0.900. The van der Waals surface area contributed by atoms with E-state index in [1.807, 2.05) is 37.4 Å². The highest BCUT2D eigenvalue weighted by molar-refractivity contribution is 5.39. The van der Waals surface area contributed by atoms with Crippen molar-refractivity contribution in [1.82, 2.24) is 10.3 Å². The zero-order valence-electron chi connectivity index (χ0n) is 5.74. The van der Waals surface area contributed by atoms with Crippen LogP contribution in [0.15, 0.2) is 30.3 Å². The van der Waals surface area contributed by atoms with E-state index in [0.29, 0.717) is 4.76 Å². The summed E-state index contributed by atoms with van der Waals surface area (Å²) in [4.78, 5) is 4.97. The molecule has 52 valence electrons. The van der Waals surface area contributed by atoms with Crippen LogP contribution in [0.4, 0.5) is 5.69 Å². The normalized spacial score (nSPS) is 30.1. The largest absolute Gasteiger partial charge is 0.189 e. The molecule has 0 aromatic heterocycles. The summed E-state index contributed by atoms with van der Waals surface area (Å²) in [6, 6.07) is 9.99. The second-order valence-corrected chi connectivity index (χ2v) is 2.44. The van der Waals surface area contributed by atoms with Crippen LogP contribution in [0.2, 0.25) is 0 Å². The first-order chi connectivity index (χ1) is 4.81. The van der Waals surface area contributed by atoms with E-state index in [9.17, 15) is 0 Å². The highest BCUT2D eigenvalue weighted by atomic mass is 17.1. The average Bonchev–Trinajstić information content (AvgIpc) is 2.72. The van der Waals surface area contributed by atoms with Crippen LogP contribution in [0.1, 0.15) is 0 Å². The van der Waals surface area contributed by atoms with Gasteiger partial charge in [-0.1, -0.05) is 18.2 Å². The van der Waals surface area contributed by atoms with Crippen LogP contribution >= 0.6 is 0 Å². The van der Waals surface area contributed by atoms with Crippen LogP contribution in [-0.4, -0.2) is 7.05 Å². The standard InChI is InChI=1S/C7H9N2O/c1-9(8-10-9)7-5-3-2-4-6-7/h2-6,8H,1H3/q+1/t9-/m1/s1. The monoisotopic (exact) mass is 137 g/mol. The first-order valence-electron chi connectivity index (χ1n) is 3.19. The van der Waals surface area contributed by atoms with Crippen molar-refractivity contribution in [2.75, 3.05) is 7.05 Å². The zero-order chi connectivity index (χ0) is 7.03. The Morgan fingerprint density at radius 2 is 1.90 bits per heavy atom. The van der Waals surface area contributed by atoms with E-state index in [1.54, 1.807) is 0 Å². The minimum atomic E-state index is 0.390. The van der Waals surface area contributed by atoms with Gasteiger partial charge in [-0.15, -0.1) is 0 Å². The van der Waals surface area contributed by atoms with Gasteiger partial charge in [0.15, 0.2) is 5.69 Å². The molecule has 1 atom stereocenters. The molecule has 2 rings (SSSR count). The number of hydroxylamine groups is 1. The number of hydrogen-bond donors (Lipinski definition) is 1. The topological polar surface area (TPSA) is 34.5 Å². The van der Waals surface area contributed by atoms with E-state index in [4.69, 9.17) is 4.94 Å². The second-order valence-electron chi connectivity index (χ2n) is 2.44. The minimum absolute atomic E-state index is 0.390. The minimum Gasteiger partial charge on any atom is -0.0618 e. The molecule has 1 heterocycles. The Morgan fingerprint density at radius 1 is 1.30 bits per heavy atom. The van der Waals surface area contributed by atoms with Crippen LogP contribution in [0.25, 0.3) is 0 Å². The number of benzene rings is 1. The predicted molar refractivity (Wildman–Crippen MR) is 38.4 cm³/mol. The van der Waals surface area contributed by atoms with Gasteiger partial charge < -0.3 is 0 Å². The van der Waals surface area contributed by atoms with Gasteiger partial charge in [0.1, 0.15) is 7.05 Å². The van der Waals surface area contributed by atoms with Gasteiger partial charge in [0.25, 0.3) is 0 Å². The molecule has 3 nitrogen and oxygen atoms in total. The molecule has 10 heavy (non-hydrogen) atoms. The van der Waals surface area contributed by atoms with Gasteiger partial charge in [0.05, 0.1) is 5.59 Å². The lowest BCUT2D eigenvalue weighted by atomic mass is 10.3. The number of para-hydroxylation sites is 1. The molecule has 0 bridgehead atoms. The predicted octanol–water partition coefficient (Wildman–Crippen LogP) is 0.988. The van der Waals surface area contributed by atoms with Crippen LogP contribution in [-0.2, 0) is 4.94 Å². The molecule has 1 aliphatic rings. The lowest BCUT2D eigenvalue weighted by Crippen LogP contribution is -2.21. The summed E-state index contributed by atoms with van der Waals surface area (Å²) in [5.74, 6) is 0. The van der Waals surface area contributed by atoms with Crippen molar-refractivity contribution in [3.8, 4) is 0 Å². The lowest BCUT2D eigenvalue weighted by Gasteiger charge is -1.98. The highest BCUT2D eigenvalue weighted by Crippen LogP contribution is 2.24. The van der Waals surface area contributed by atoms with E-state index < -0.39 is 0 Å². The summed E-state index contributed by atoms with van der Waals surface area (Å²) in [6.07, 6.45) is 0. The van der Waals surface area contributed by atoms with Crippen LogP contribution in [0, 0.1) is 0 Å². The molecule has 1 aromatic carbocycles. The van der Waals surface area contributed by atoms with E-state index in [-0.39, 0.29) is 0 Å². The highest BCUT2D eigenvalue weighted by Gasteiger charge is 2.44. The van der Waals surface area contributed by atoms with Crippen LogP contribution in [0.3, 0.4) is 0 Å². The number of nitrogens with one attached hydrogen (secondary N) is 1. The maximum absolute atomic E-state index is 4.97. The first kappa shape index (κ1) is 5.85. The Balaban J connectivity index is 2.35. The van der Waals surface area contributed by atoms with Crippen molar-refractivity contribution >= 4 is 5.69 Å². The molecule has 1 saturated heterocycles. The maximum Gasteiger partial charge on any atom is 0.189 e. The number of nitrogens with zero attached hydrogens (tertiary/aromatic N) is 1. The van der Waals surface area contributed by atoms with E-state index in [1.165, 1.54) is 0 Å². The summed E-state index contributed by atoms with van der Waals surface area (Å²) in [5.41, 5.74) is 3.88. The van der Waals surface area contributed by atoms with E-state index >= 15 is 0 Å². The van der Waals surface area contributed by atoms with Crippen molar-refractivity contribution in [2.24, 2.45) is 0 Å². The Kier molecular flexibility index (Phi) is 1.05. The quantitative estimate of drug-likeness (QED) is 0.462. The molecule has 1 fully saturated rings. The Morgan fingerprint density at radius 3 is 2.40 bits per heavy atom. The number of hydrogen-bond acceptors (Lipinski definition) is 2. The third-order valence-electron chi connectivity index (χ3n) is 1.61. The Labute approximate surface area is 59.3 Å². The van der Waals surface area contributed by atoms with Crippen LogP contribution in [0.5, 0.6) is 0 Å². The molecule has 0 radical (unpaired) electrons. The fourth-order valence-electron chi connectivity index (χ4n) is 0.879. The summed E-state index contributed by atoms with van der Waals surface area (Å²) in [6.45, 7) is 0. The van der Waals surface area contributed by atoms with E-state index in [2.05, 4.69) is 5.59 Å². The van der Waals surface area contributed by atoms with Crippen molar-refractivity contribution in [2.45, 2.75) is 0 Å². The molecule has 0 saturated carbocycles. The molecular formula is C7H9N2O+. The molecule has 0 aliphatic carbocycles. The molecule has 0 unspecified atom stereocenters. The summed E-state index contributed by atoms with van der Waals surface area (Å²) in [5, 5.41) is 0. The van der Waals surface area contributed by atoms with Crippen molar-refractivity contribution < 1.29 is 4.94 Å².